The lowest BCUT2D eigenvalue weighted by molar-refractivity contribution is -0.113. The Morgan fingerprint density at radius 3 is 2.74 bits per heavy atom. The number of benzene rings is 2. The molecule has 35 heavy (non-hydrogen) atoms. The number of carbonyl (C=O) groups is 1. The molecule has 9 heteroatoms. The van der Waals surface area contributed by atoms with Gasteiger partial charge in [0.25, 0.3) is 0 Å². The Morgan fingerprint density at radius 1 is 1.23 bits per heavy atom. The summed E-state index contributed by atoms with van der Waals surface area (Å²) in [6.07, 6.45) is 2.94. The van der Waals surface area contributed by atoms with Gasteiger partial charge < -0.3 is 5.32 Å². The third-order valence-electron chi connectivity index (χ3n) is 5.96. The van der Waals surface area contributed by atoms with Gasteiger partial charge in [-0.2, -0.15) is 5.26 Å². The van der Waals surface area contributed by atoms with E-state index < -0.39 is 0 Å². The van der Waals surface area contributed by atoms with E-state index in [0.717, 1.165) is 36.1 Å². The minimum Gasteiger partial charge on any atom is -0.316 e. The molecule has 1 atom stereocenters. The van der Waals surface area contributed by atoms with Crippen molar-refractivity contribution in [2.24, 2.45) is 5.92 Å². The number of rotatable bonds is 6. The maximum atomic E-state index is 12.9. The van der Waals surface area contributed by atoms with Crippen molar-refractivity contribution < 1.29 is 4.79 Å². The Labute approximate surface area is 217 Å². The Balaban J connectivity index is 1.37. The van der Waals surface area contributed by atoms with E-state index in [1.165, 1.54) is 28.0 Å². The smallest absolute Gasteiger partial charge is 0.235 e. The zero-order valence-corrected chi connectivity index (χ0v) is 21.4. The summed E-state index contributed by atoms with van der Waals surface area (Å²) in [6, 6.07) is 19.5. The van der Waals surface area contributed by atoms with Crippen molar-refractivity contribution in [3.8, 4) is 23.1 Å². The minimum atomic E-state index is -0.172. The number of fused-ring (bicyclic) bond motifs is 1. The van der Waals surface area contributed by atoms with Gasteiger partial charge in [-0.05, 0) is 67.1 Å². The summed E-state index contributed by atoms with van der Waals surface area (Å²) in [4.78, 5) is 14.1. The highest BCUT2D eigenvalue weighted by molar-refractivity contribution is 7.99. The molecule has 2 heterocycles. The second kappa shape index (κ2) is 10.2. The molecule has 6 nitrogen and oxygen atoms in total. The number of thiophene rings is 1. The predicted octanol–water partition coefficient (Wildman–Crippen LogP) is 6.38. The van der Waals surface area contributed by atoms with Crippen LogP contribution in [-0.2, 0) is 17.6 Å². The number of hydrogen-bond donors (Lipinski definition) is 1. The van der Waals surface area contributed by atoms with E-state index in [0.29, 0.717) is 32.5 Å². The molecule has 1 aliphatic rings. The van der Waals surface area contributed by atoms with E-state index in [9.17, 15) is 10.1 Å². The molecular weight excluding hydrogens is 498 g/mol. The van der Waals surface area contributed by atoms with Crippen LogP contribution in [0.4, 0.5) is 5.00 Å². The Morgan fingerprint density at radius 2 is 2.00 bits per heavy atom. The van der Waals surface area contributed by atoms with E-state index in [4.69, 9.17) is 11.6 Å². The number of nitriles is 1. The molecule has 176 valence electrons. The van der Waals surface area contributed by atoms with Crippen molar-refractivity contribution in [2.45, 2.75) is 31.3 Å². The van der Waals surface area contributed by atoms with Crippen molar-refractivity contribution in [3.05, 3.63) is 75.6 Å². The van der Waals surface area contributed by atoms with Gasteiger partial charge in [0.05, 0.1) is 11.3 Å². The van der Waals surface area contributed by atoms with Gasteiger partial charge in [-0.25, -0.2) is 0 Å². The number of thioether (sulfide) groups is 1. The molecule has 0 aliphatic heterocycles. The number of nitrogens with zero attached hydrogens (tertiary/aromatic N) is 4. The molecule has 4 aromatic rings. The fraction of sp³-hybridized carbons (Fsp3) is 0.231. The molecule has 0 saturated heterocycles. The summed E-state index contributed by atoms with van der Waals surface area (Å²) in [5, 5.41) is 23.4. The second-order valence-corrected chi connectivity index (χ2v) is 11.0. The highest BCUT2D eigenvalue weighted by atomic mass is 35.5. The summed E-state index contributed by atoms with van der Waals surface area (Å²) >= 11 is 8.91. The fourth-order valence-corrected chi connectivity index (χ4v) is 6.46. The summed E-state index contributed by atoms with van der Waals surface area (Å²) in [6.45, 7) is 2.23. The molecule has 0 unspecified atom stereocenters. The molecular formula is C26H22ClN5OS2. The lowest BCUT2D eigenvalue weighted by Crippen LogP contribution is -2.14. The Bertz CT molecular complexity index is 1410. The minimum absolute atomic E-state index is 0.148. The first-order valence-corrected chi connectivity index (χ1v) is 13.5. The molecule has 0 fully saturated rings. The van der Waals surface area contributed by atoms with Crippen LogP contribution in [-0.4, -0.2) is 26.4 Å². The molecule has 0 bridgehead atoms. The fourth-order valence-electron chi connectivity index (χ4n) is 4.21. The monoisotopic (exact) mass is 519 g/mol. The first kappa shape index (κ1) is 23.6. The van der Waals surface area contributed by atoms with Gasteiger partial charge in [-0.15, -0.1) is 21.5 Å². The van der Waals surface area contributed by atoms with Crippen molar-refractivity contribution in [1.29, 1.82) is 5.26 Å². The molecule has 2 aromatic heterocycles. The number of hydrogen-bond acceptors (Lipinski definition) is 6. The largest absolute Gasteiger partial charge is 0.316 e. The molecule has 1 aliphatic carbocycles. The Hall–Kier alpha value is -3.12. The highest BCUT2D eigenvalue weighted by Crippen LogP contribution is 2.39. The maximum absolute atomic E-state index is 12.9. The van der Waals surface area contributed by atoms with E-state index in [1.807, 2.05) is 59.2 Å². The van der Waals surface area contributed by atoms with Crippen LogP contribution in [0.25, 0.3) is 17.1 Å². The molecule has 1 N–H and O–H groups in total. The van der Waals surface area contributed by atoms with Gasteiger partial charge in [0, 0.05) is 21.2 Å². The first-order chi connectivity index (χ1) is 17.0. The second-order valence-electron chi connectivity index (χ2n) is 8.49. The summed E-state index contributed by atoms with van der Waals surface area (Å²) in [5.74, 6) is 1.25. The third-order valence-corrected chi connectivity index (χ3v) is 8.31. The summed E-state index contributed by atoms with van der Waals surface area (Å²) < 4.78 is 1.94. The summed E-state index contributed by atoms with van der Waals surface area (Å²) in [7, 11) is 0. The zero-order chi connectivity index (χ0) is 24.4. The van der Waals surface area contributed by atoms with Crippen molar-refractivity contribution in [3.63, 3.8) is 0 Å². The SMILES string of the molecule is C[C@@H]1CCc2c(sc(NC(=O)CSc3nnc(-c4ccc(Cl)cc4)n3-c3ccccc3)c2C#N)C1. The normalized spacial score (nSPS) is 14.8. The van der Waals surface area contributed by atoms with Gasteiger partial charge in [0.15, 0.2) is 11.0 Å². The number of carbonyl (C=O) groups excluding carboxylic acids is 1. The van der Waals surface area contributed by atoms with Crippen molar-refractivity contribution in [2.75, 3.05) is 11.1 Å². The van der Waals surface area contributed by atoms with E-state index in [2.05, 4.69) is 28.5 Å². The maximum Gasteiger partial charge on any atom is 0.235 e. The van der Waals surface area contributed by atoms with E-state index in [1.54, 1.807) is 0 Å². The van der Waals surface area contributed by atoms with Gasteiger partial charge in [-0.1, -0.05) is 48.5 Å². The molecule has 0 spiro atoms. The standard InChI is InChI=1S/C26H22ClN5OS2/c1-16-7-12-20-21(14-28)25(35-22(20)13-16)29-23(33)15-34-26-31-30-24(17-8-10-18(27)11-9-17)32(26)19-5-3-2-4-6-19/h2-6,8-11,16H,7,12-13,15H2,1H3,(H,29,33)/t16-/m1/s1. The van der Waals surface area contributed by atoms with Crippen LogP contribution < -0.4 is 5.32 Å². The van der Waals surface area contributed by atoms with Crippen molar-refractivity contribution in [1.82, 2.24) is 14.8 Å². The number of amides is 1. The van der Waals surface area contributed by atoms with Gasteiger partial charge in [0.2, 0.25) is 5.91 Å². The first-order valence-electron chi connectivity index (χ1n) is 11.3. The lowest BCUT2D eigenvalue weighted by Gasteiger charge is -2.17. The number of nitrogens with one attached hydrogen (secondary N) is 1. The average molecular weight is 520 g/mol. The Kier molecular flexibility index (Phi) is 6.91. The van der Waals surface area contributed by atoms with E-state index in [-0.39, 0.29) is 11.7 Å². The van der Waals surface area contributed by atoms with Crippen LogP contribution in [0, 0.1) is 17.2 Å². The van der Waals surface area contributed by atoms with Crippen LogP contribution >= 0.6 is 34.7 Å². The quantitative estimate of drug-likeness (QED) is 0.299. The average Bonchev–Trinajstić information content (AvgIpc) is 3.44. The third kappa shape index (κ3) is 4.98. The molecule has 5 rings (SSSR count). The van der Waals surface area contributed by atoms with Crippen LogP contribution in [0.3, 0.4) is 0 Å². The van der Waals surface area contributed by atoms with Crippen LogP contribution in [0.1, 0.15) is 29.3 Å². The topological polar surface area (TPSA) is 83.6 Å². The zero-order valence-electron chi connectivity index (χ0n) is 19.0. The van der Waals surface area contributed by atoms with Crippen LogP contribution in [0.5, 0.6) is 0 Å². The summed E-state index contributed by atoms with van der Waals surface area (Å²) in [5.41, 5.74) is 3.50. The van der Waals surface area contributed by atoms with Crippen molar-refractivity contribution >= 4 is 45.6 Å². The van der Waals surface area contributed by atoms with Crippen LogP contribution in [0.15, 0.2) is 59.8 Å². The van der Waals surface area contributed by atoms with Gasteiger partial charge in [-0.3, -0.25) is 9.36 Å². The van der Waals surface area contributed by atoms with E-state index >= 15 is 0 Å². The molecule has 0 radical (unpaired) electrons. The molecule has 1 amide bonds. The highest BCUT2D eigenvalue weighted by Gasteiger charge is 2.25. The number of para-hydroxylation sites is 1. The molecule has 2 aromatic carbocycles. The van der Waals surface area contributed by atoms with Gasteiger partial charge >= 0.3 is 0 Å². The molecule has 0 saturated carbocycles. The van der Waals surface area contributed by atoms with Crippen LogP contribution in [0.2, 0.25) is 5.02 Å². The predicted molar refractivity (Wildman–Crippen MR) is 141 cm³/mol. The number of aromatic nitrogens is 3. The number of anilines is 1. The lowest BCUT2D eigenvalue weighted by atomic mass is 9.89. The number of halogens is 1. The van der Waals surface area contributed by atoms with Gasteiger partial charge in [0.1, 0.15) is 11.1 Å².